The molecular weight excluding hydrogens is 248 g/mol. The second-order valence-corrected chi connectivity index (χ2v) is 4.29. The molecule has 0 saturated carbocycles. The molecule has 98 valence electrons. The Morgan fingerprint density at radius 3 is 2.16 bits per heavy atom. The van der Waals surface area contributed by atoms with Gasteiger partial charge in [-0.05, 0) is 16.3 Å². The molecule has 3 N–H and O–H groups in total. The molecule has 5 heteroatoms. The van der Waals surface area contributed by atoms with Gasteiger partial charge in [0.15, 0.2) is 0 Å². The monoisotopic (exact) mass is 260 g/mol. The van der Waals surface area contributed by atoms with Gasteiger partial charge in [-0.1, -0.05) is 42.5 Å². The number of carbonyl (C=O) groups is 2. The SMILES string of the molecule is O=C(O)C(O)(Cc1cccc2ccccc12)C(=O)O. The summed E-state index contributed by atoms with van der Waals surface area (Å²) >= 11 is 0. The van der Waals surface area contributed by atoms with Gasteiger partial charge in [-0.2, -0.15) is 0 Å². The molecule has 0 radical (unpaired) electrons. The molecule has 0 fully saturated rings. The largest absolute Gasteiger partial charge is 0.479 e. The number of hydrogen-bond acceptors (Lipinski definition) is 3. The minimum absolute atomic E-state index is 0.477. The van der Waals surface area contributed by atoms with Crippen molar-refractivity contribution in [2.75, 3.05) is 0 Å². The number of benzene rings is 2. The first-order valence-corrected chi connectivity index (χ1v) is 5.61. The van der Waals surface area contributed by atoms with Gasteiger partial charge >= 0.3 is 11.9 Å². The number of aliphatic carboxylic acids is 2. The van der Waals surface area contributed by atoms with E-state index in [-0.39, 0.29) is 0 Å². The van der Waals surface area contributed by atoms with E-state index in [1.165, 1.54) is 0 Å². The Bertz CT molecular complexity index is 628. The van der Waals surface area contributed by atoms with Crippen molar-refractivity contribution in [3.05, 3.63) is 48.0 Å². The first kappa shape index (κ1) is 13.0. The Morgan fingerprint density at radius 2 is 1.53 bits per heavy atom. The maximum Gasteiger partial charge on any atom is 0.347 e. The lowest BCUT2D eigenvalue weighted by Gasteiger charge is -2.19. The van der Waals surface area contributed by atoms with E-state index in [2.05, 4.69) is 0 Å². The van der Waals surface area contributed by atoms with Gasteiger partial charge in [-0.25, -0.2) is 9.59 Å². The van der Waals surface area contributed by atoms with E-state index in [0.29, 0.717) is 5.56 Å². The summed E-state index contributed by atoms with van der Waals surface area (Å²) in [4.78, 5) is 21.9. The number of aliphatic hydroxyl groups is 1. The van der Waals surface area contributed by atoms with E-state index in [1.807, 2.05) is 18.2 Å². The van der Waals surface area contributed by atoms with Crippen LogP contribution in [0.1, 0.15) is 5.56 Å². The molecule has 0 aromatic heterocycles. The van der Waals surface area contributed by atoms with Crippen LogP contribution in [0.2, 0.25) is 0 Å². The van der Waals surface area contributed by atoms with Gasteiger partial charge in [0.05, 0.1) is 0 Å². The summed E-state index contributed by atoms with van der Waals surface area (Å²) < 4.78 is 0. The molecule has 0 bridgehead atoms. The van der Waals surface area contributed by atoms with Crippen molar-refractivity contribution in [3.8, 4) is 0 Å². The highest BCUT2D eigenvalue weighted by Crippen LogP contribution is 2.23. The number of fused-ring (bicyclic) bond motifs is 1. The predicted molar refractivity (Wildman–Crippen MR) is 67.9 cm³/mol. The molecule has 0 unspecified atom stereocenters. The normalized spacial score (nSPS) is 11.4. The van der Waals surface area contributed by atoms with Crippen molar-refractivity contribution < 1.29 is 24.9 Å². The Kier molecular flexibility index (Phi) is 3.23. The van der Waals surface area contributed by atoms with Gasteiger partial charge in [-0.15, -0.1) is 0 Å². The fourth-order valence-corrected chi connectivity index (χ4v) is 1.96. The van der Waals surface area contributed by atoms with Crippen molar-refractivity contribution in [2.45, 2.75) is 12.0 Å². The first-order chi connectivity index (χ1) is 8.95. The Balaban J connectivity index is 2.51. The Morgan fingerprint density at radius 1 is 0.947 bits per heavy atom. The van der Waals surface area contributed by atoms with Gasteiger partial charge in [0.2, 0.25) is 0 Å². The van der Waals surface area contributed by atoms with Crippen molar-refractivity contribution in [1.29, 1.82) is 0 Å². The van der Waals surface area contributed by atoms with Crippen LogP contribution in [0.4, 0.5) is 0 Å². The zero-order valence-electron chi connectivity index (χ0n) is 9.91. The van der Waals surface area contributed by atoms with E-state index in [0.717, 1.165) is 10.8 Å². The molecule has 2 rings (SSSR count). The van der Waals surface area contributed by atoms with E-state index < -0.39 is 24.0 Å². The van der Waals surface area contributed by atoms with Gasteiger partial charge in [-0.3, -0.25) is 0 Å². The van der Waals surface area contributed by atoms with Crippen LogP contribution in [-0.2, 0) is 16.0 Å². The average molecular weight is 260 g/mol. The van der Waals surface area contributed by atoms with Crippen molar-refractivity contribution in [2.24, 2.45) is 0 Å². The molecular formula is C14H12O5. The molecule has 2 aromatic rings. The molecule has 0 heterocycles. The van der Waals surface area contributed by atoms with Crippen LogP contribution in [0.5, 0.6) is 0 Å². The lowest BCUT2D eigenvalue weighted by molar-refractivity contribution is -0.175. The van der Waals surface area contributed by atoms with Gasteiger partial charge in [0.25, 0.3) is 5.60 Å². The molecule has 0 spiro atoms. The van der Waals surface area contributed by atoms with Crippen molar-refractivity contribution >= 4 is 22.7 Å². The summed E-state index contributed by atoms with van der Waals surface area (Å²) in [6.45, 7) is 0. The van der Waals surface area contributed by atoms with E-state index >= 15 is 0 Å². The van der Waals surface area contributed by atoms with Crippen molar-refractivity contribution in [1.82, 2.24) is 0 Å². The summed E-state index contributed by atoms with van der Waals surface area (Å²) in [7, 11) is 0. The predicted octanol–water partition coefficient (Wildman–Crippen LogP) is 1.28. The van der Waals surface area contributed by atoms with E-state index in [1.54, 1.807) is 24.3 Å². The zero-order chi connectivity index (χ0) is 14.0. The highest BCUT2D eigenvalue weighted by Gasteiger charge is 2.44. The second kappa shape index (κ2) is 4.70. The Hall–Kier alpha value is -2.40. The van der Waals surface area contributed by atoms with Gasteiger partial charge in [0, 0.05) is 6.42 Å². The second-order valence-electron chi connectivity index (χ2n) is 4.29. The topological polar surface area (TPSA) is 94.8 Å². The van der Waals surface area contributed by atoms with Crippen molar-refractivity contribution in [3.63, 3.8) is 0 Å². The summed E-state index contributed by atoms with van der Waals surface area (Å²) in [6.07, 6.45) is -0.487. The zero-order valence-corrected chi connectivity index (χ0v) is 9.91. The van der Waals surface area contributed by atoms with Crippen LogP contribution in [0.3, 0.4) is 0 Å². The van der Waals surface area contributed by atoms with E-state index in [9.17, 15) is 14.7 Å². The van der Waals surface area contributed by atoms with Crippen LogP contribution in [0.25, 0.3) is 10.8 Å². The minimum Gasteiger partial charge on any atom is -0.479 e. The molecule has 0 atom stereocenters. The number of rotatable bonds is 4. The van der Waals surface area contributed by atoms with Crippen LogP contribution in [0, 0.1) is 0 Å². The van der Waals surface area contributed by atoms with Crippen LogP contribution >= 0.6 is 0 Å². The fraction of sp³-hybridized carbons (Fsp3) is 0.143. The number of carboxylic acids is 2. The highest BCUT2D eigenvalue weighted by atomic mass is 16.4. The lowest BCUT2D eigenvalue weighted by Crippen LogP contribution is -2.48. The molecule has 0 aliphatic carbocycles. The minimum atomic E-state index is -2.82. The highest BCUT2D eigenvalue weighted by molar-refractivity contribution is 6.02. The number of hydrogen-bond donors (Lipinski definition) is 3. The third-order valence-corrected chi connectivity index (χ3v) is 3.03. The van der Waals surface area contributed by atoms with Crippen LogP contribution < -0.4 is 0 Å². The lowest BCUT2D eigenvalue weighted by atomic mass is 9.91. The average Bonchev–Trinajstić information content (AvgIpc) is 2.38. The molecule has 0 aliphatic heterocycles. The van der Waals surface area contributed by atoms with E-state index in [4.69, 9.17) is 10.2 Å². The molecule has 2 aromatic carbocycles. The summed E-state index contributed by atoms with van der Waals surface area (Å²) in [5.74, 6) is -3.54. The van der Waals surface area contributed by atoms with Crippen LogP contribution in [0.15, 0.2) is 42.5 Å². The number of carboxylic acid groups (broad SMARTS) is 2. The van der Waals surface area contributed by atoms with Crippen LogP contribution in [-0.4, -0.2) is 32.9 Å². The molecule has 0 aliphatic rings. The molecule has 19 heavy (non-hydrogen) atoms. The Labute approximate surface area is 108 Å². The third-order valence-electron chi connectivity index (χ3n) is 3.03. The maximum atomic E-state index is 11.0. The molecule has 0 saturated heterocycles. The maximum absolute atomic E-state index is 11.0. The quantitative estimate of drug-likeness (QED) is 0.720. The molecule has 0 amide bonds. The fourth-order valence-electron chi connectivity index (χ4n) is 1.96. The standard InChI is InChI=1S/C14H12O5/c15-12(16)14(19,13(17)18)8-10-6-3-5-9-4-1-2-7-11(9)10/h1-7,19H,8H2,(H,15,16)(H,17,18). The summed E-state index contributed by atoms with van der Waals surface area (Å²) in [5.41, 5.74) is -2.34. The smallest absolute Gasteiger partial charge is 0.347 e. The van der Waals surface area contributed by atoms with Gasteiger partial charge in [0.1, 0.15) is 0 Å². The first-order valence-electron chi connectivity index (χ1n) is 5.61. The summed E-state index contributed by atoms with van der Waals surface area (Å²) in [6, 6.07) is 12.3. The molecule has 5 nitrogen and oxygen atoms in total. The summed E-state index contributed by atoms with van der Waals surface area (Å²) in [5, 5.41) is 29.2. The van der Waals surface area contributed by atoms with Gasteiger partial charge < -0.3 is 15.3 Å². The third kappa shape index (κ3) is 2.28.